The highest BCUT2D eigenvalue weighted by molar-refractivity contribution is 7.22. The minimum atomic E-state index is -1.89. The highest BCUT2D eigenvalue weighted by Crippen LogP contribution is 2.36. The van der Waals surface area contributed by atoms with Crippen molar-refractivity contribution >= 4 is 55.8 Å². The van der Waals surface area contributed by atoms with Crippen LogP contribution >= 0.6 is 22.9 Å². The molecule has 0 bridgehead atoms. The number of benzene rings is 2. The number of aromatic nitrogens is 1. The third-order valence-corrected chi connectivity index (χ3v) is 5.16. The monoisotopic (exact) mass is 409 g/mol. The van der Waals surface area contributed by atoms with Gasteiger partial charge in [0.25, 0.3) is 17.4 Å². The van der Waals surface area contributed by atoms with Crippen LogP contribution in [0.4, 0.5) is 19.6 Å². The predicted molar refractivity (Wildman–Crippen MR) is 97.3 cm³/mol. The van der Waals surface area contributed by atoms with Gasteiger partial charge in [0.15, 0.2) is 10.9 Å². The number of carbonyl (C=O) groups is 2. The minimum Gasteiger partial charge on any atom is -0.466 e. The number of nitrogens with zero attached hydrogens (tertiary/aromatic N) is 1. The zero-order valence-electron chi connectivity index (χ0n) is 13.6. The van der Waals surface area contributed by atoms with Crippen molar-refractivity contribution in [3.8, 4) is 5.75 Å². The summed E-state index contributed by atoms with van der Waals surface area (Å²) in [6, 6.07) is 6.39. The lowest BCUT2D eigenvalue weighted by molar-refractivity contribution is -0.143. The second-order valence-electron chi connectivity index (χ2n) is 5.94. The lowest BCUT2D eigenvalue weighted by Crippen LogP contribution is -2.56. The number of rotatable bonds is 2. The first-order valence-electron chi connectivity index (χ1n) is 7.63. The topological polar surface area (TPSA) is 80.3 Å². The molecule has 0 fully saturated rings. The van der Waals surface area contributed by atoms with Gasteiger partial charge in [-0.1, -0.05) is 22.9 Å². The lowest BCUT2D eigenvalue weighted by atomic mass is 10.0. The number of hydrogen-bond donors (Lipinski definition) is 2. The molecular weight excluding hydrogens is 400 g/mol. The molecule has 2 aromatic carbocycles. The van der Waals surface area contributed by atoms with Crippen molar-refractivity contribution in [3.63, 3.8) is 0 Å². The summed E-state index contributed by atoms with van der Waals surface area (Å²) in [5.41, 5.74) is -1.62. The van der Waals surface area contributed by atoms with E-state index < -0.39 is 29.0 Å². The van der Waals surface area contributed by atoms with E-state index in [1.54, 1.807) is 6.07 Å². The minimum absolute atomic E-state index is 0.0130. The molecule has 4 rings (SSSR count). The third-order valence-electron chi connectivity index (χ3n) is 4.00. The van der Waals surface area contributed by atoms with Crippen molar-refractivity contribution in [1.82, 2.24) is 4.98 Å². The molecule has 27 heavy (non-hydrogen) atoms. The molecule has 6 nitrogen and oxygen atoms in total. The summed E-state index contributed by atoms with van der Waals surface area (Å²) in [6.07, 6.45) is 0. The molecule has 10 heteroatoms. The largest absolute Gasteiger partial charge is 0.466 e. The standard InChI is InChI=1S/C17H10ClF2N3O3S/c1-17(14(24)21-10-4-7(18)2-3-11(10)26-17)15(25)23-16-22-13-9(20)5-8(19)6-12(13)27-16/h2-6H,1H3,(H,21,24)(H,22,23,25). The predicted octanol–water partition coefficient (Wildman–Crippen LogP) is 3.96. The molecule has 0 spiro atoms. The van der Waals surface area contributed by atoms with Gasteiger partial charge in [-0.25, -0.2) is 13.8 Å². The van der Waals surface area contributed by atoms with Gasteiger partial charge in [0.1, 0.15) is 17.1 Å². The van der Waals surface area contributed by atoms with Crippen LogP contribution in [0.2, 0.25) is 5.02 Å². The van der Waals surface area contributed by atoms with Crippen molar-refractivity contribution in [3.05, 3.63) is 47.0 Å². The Morgan fingerprint density at radius 1 is 1.33 bits per heavy atom. The Morgan fingerprint density at radius 3 is 2.89 bits per heavy atom. The van der Waals surface area contributed by atoms with Crippen LogP contribution in [0.3, 0.4) is 0 Å². The van der Waals surface area contributed by atoms with Crippen LogP contribution in [-0.4, -0.2) is 22.4 Å². The van der Waals surface area contributed by atoms with Crippen molar-refractivity contribution in [2.24, 2.45) is 0 Å². The van der Waals surface area contributed by atoms with Gasteiger partial charge in [0.05, 0.1) is 10.4 Å². The first-order chi connectivity index (χ1) is 12.8. The molecule has 2 heterocycles. The Hall–Kier alpha value is -2.78. The van der Waals surface area contributed by atoms with E-state index in [-0.39, 0.29) is 21.1 Å². The van der Waals surface area contributed by atoms with Crippen molar-refractivity contribution in [1.29, 1.82) is 0 Å². The average Bonchev–Trinajstić information content (AvgIpc) is 2.99. The van der Waals surface area contributed by atoms with Crippen LogP contribution in [-0.2, 0) is 9.59 Å². The van der Waals surface area contributed by atoms with E-state index >= 15 is 0 Å². The Kier molecular flexibility index (Phi) is 4.01. The van der Waals surface area contributed by atoms with Crippen molar-refractivity contribution in [2.75, 3.05) is 10.6 Å². The number of fused-ring (bicyclic) bond motifs is 2. The molecule has 0 saturated carbocycles. The van der Waals surface area contributed by atoms with E-state index in [2.05, 4.69) is 15.6 Å². The Balaban J connectivity index is 1.63. The quantitative estimate of drug-likeness (QED) is 0.628. The number of hydrogen-bond acceptors (Lipinski definition) is 5. The number of carbonyl (C=O) groups excluding carboxylic acids is 2. The Morgan fingerprint density at radius 2 is 2.11 bits per heavy atom. The molecular formula is C17H10ClF2N3O3S. The van der Waals surface area contributed by atoms with E-state index in [0.717, 1.165) is 17.4 Å². The highest BCUT2D eigenvalue weighted by atomic mass is 35.5. The van der Waals surface area contributed by atoms with E-state index in [9.17, 15) is 18.4 Å². The summed E-state index contributed by atoms with van der Waals surface area (Å²) in [4.78, 5) is 29.0. The molecule has 0 radical (unpaired) electrons. The first-order valence-corrected chi connectivity index (χ1v) is 8.83. The van der Waals surface area contributed by atoms with Gasteiger partial charge in [-0.2, -0.15) is 0 Å². The summed E-state index contributed by atoms with van der Waals surface area (Å²) in [6.45, 7) is 1.29. The molecule has 1 aliphatic rings. The molecule has 0 saturated heterocycles. The first kappa shape index (κ1) is 17.6. The Labute approximate surface area is 160 Å². The van der Waals surface area contributed by atoms with Gasteiger partial charge >= 0.3 is 0 Å². The van der Waals surface area contributed by atoms with E-state index in [1.165, 1.54) is 19.1 Å². The summed E-state index contributed by atoms with van der Waals surface area (Å²) in [5.74, 6) is -2.83. The van der Waals surface area contributed by atoms with Crippen molar-refractivity contribution < 1.29 is 23.1 Å². The molecule has 1 aromatic heterocycles. The zero-order chi connectivity index (χ0) is 19.3. The van der Waals surface area contributed by atoms with Crippen LogP contribution < -0.4 is 15.4 Å². The number of amides is 2. The van der Waals surface area contributed by atoms with Crippen LogP contribution in [0, 0.1) is 11.6 Å². The van der Waals surface area contributed by atoms with Gasteiger partial charge in [-0.15, -0.1) is 0 Å². The fraction of sp³-hybridized carbons (Fsp3) is 0.118. The number of thiazole rings is 1. The maximum absolute atomic E-state index is 13.8. The fourth-order valence-corrected chi connectivity index (χ4v) is 3.65. The van der Waals surface area contributed by atoms with Gasteiger partial charge < -0.3 is 10.1 Å². The summed E-state index contributed by atoms with van der Waals surface area (Å²) >= 11 is 6.76. The van der Waals surface area contributed by atoms with Crippen LogP contribution in [0.1, 0.15) is 6.92 Å². The lowest BCUT2D eigenvalue weighted by Gasteiger charge is -2.33. The van der Waals surface area contributed by atoms with Crippen LogP contribution in [0.5, 0.6) is 5.75 Å². The molecule has 1 atom stereocenters. The smallest absolute Gasteiger partial charge is 0.280 e. The summed E-state index contributed by atoms with van der Waals surface area (Å²) < 4.78 is 32.9. The molecule has 2 N–H and O–H groups in total. The molecule has 2 amide bonds. The SMILES string of the molecule is CC1(C(=O)Nc2nc3c(F)cc(F)cc3s2)Oc2ccc(Cl)cc2NC1=O. The second-order valence-corrected chi connectivity index (χ2v) is 7.40. The molecule has 0 aliphatic carbocycles. The third kappa shape index (κ3) is 2.98. The van der Waals surface area contributed by atoms with E-state index in [0.29, 0.717) is 16.8 Å². The second kappa shape index (κ2) is 6.14. The molecule has 1 aliphatic heterocycles. The normalized spacial score (nSPS) is 18.6. The summed E-state index contributed by atoms with van der Waals surface area (Å²) in [5, 5.41) is 5.40. The van der Waals surface area contributed by atoms with Crippen LogP contribution in [0.25, 0.3) is 10.2 Å². The average molecular weight is 410 g/mol. The van der Waals surface area contributed by atoms with E-state index in [4.69, 9.17) is 16.3 Å². The number of halogens is 3. The number of nitrogens with one attached hydrogen (secondary N) is 2. The van der Waals surface area contributed by atoms with Gasteiger partial charge in [-0.3, -0.25) is 14.9 Å². The van der Waals surface area contributed by atoms with Gasteiger partial charge in [0, 0.05) is 11.1 Å². The van der Waals surface area contributed by atoms with Gasteiger partial charge in [0.2, 0.25) is 0 Å². The summed E-state index contributed by atoms with van der Waals surface area (Å²) in [7, 11) is 0. The zero-order valence-corrected chi connectivity index (χ0v) is 15.2. The number of ether oxygens (including phenoxy) is 1. The van der Waals surface area contributed by atoms with Crippen molar-refractivity contribution in [2.45, 2.75) is 12.5 Å². The highest BCUT2D eigenvalue weighted by Gasteiger charge is 2.47. The number of anilines is 2. The Bertz CT molecular complexity index is 1120. The molecule has 138 valence electrons. The van der Waals surface area contributed by atoms with E-state index in [1.807, 2.05) is 0 Å². The maximum atomic E-state index is 13.8. The fourth-order valence-electron chi connectivity index (χ4n) is 2.57. The van der Waals surface area contributed by atoms with Gasteiger partial charge in [-0.05, 0) is 31.2 Å². The maximum Gasteiger partial charge on any atom is 0.280 e. The van der Waals surface area contributed by atoms with Crippen LogP contribution in [0.15, 0.2) is 30.3 Å². The molecule has 1 unspecified atom stereocenters. The molecule has 3 aromatic rings.